The largest absolute Gasteiger partial charge is 0.508 e. The van der Waals surface area contributed by atoms with Crippen LogP contribution >= 0.6 is 0 Å². The van der Waals surface area contributed by atoms with E-state index >= 15 is 0 Å². The van der Waals surface area contributed by atoms with E-state index in [4.69, 9.17) is 0 Å². The maximum atomic E-state index is 9.88. The molecule has 130 valence electrons. The lowest BCUT2D eigenvalue weighted by atomic mass is 9.90. The van der Waals surface area contributed by atoms with E-state index < -0.39 is 0 Å². The Labute approximate surface area is 151 Å². The lowest BCUT2D eigenvalue weighted by Crippen LogP contribution is -2.33. The standard InChI is InChI=1S/C21H20N4O/c26-17-3-1-2-15(9-17)18-11-25(12-20-21(18)24-13-23-20)10-14-4-5-19-16(8-14)6-7-22-19/h1-9,13,18,22,26H,10-12H2,(H,23,24). The van der Waals surface area contributed by atoms with Crippen LogP contribution in [0.2, 0.25) is 0 Å². The molecular weight excluding hydrogens is 324 g/mol. The van der Waals surface area contributed by atoms with E-state index in [1.807, 2.05) is 18.3 Å². The van der Waals surface area contributed by atoms with Crippen molar-refractivity contribution in [2.45, 2.75) is 19.0 Å². The van der Waals surface area contributed by atoms with Crippen molar-refractivity contribution in [1.82, 2.24) is 19.9 Å². The summed E-state index contributed by atoms with van der Waals surface area (Å²) in [5.74, 6) is 0.461. The normalized spacial score (nSPS) is 17.5. The van der Waals surface area contributed by atoms with Crippen LogP contribution in [-0.4, -0.2) is 31.5 Å². The van der Waals surface area contributed by atoms with Crippen molar-refractivity contribution >= 4 is 10.9 Å². The van der Waals surface area contributed by atoms with Gasteiger partial charge in [0.1, 0.15) is 5.75 Å². The Morgan fingerprint density at radius 1 is 1.12 bits per heavy atom. The number of hydrogen-bond acceptors (Lipinski definition) is 3. The molecule has 5 rings (SSSR count). The van der Waals surface area contributed by atoms with Crippen LogP contribution in [0.15, 0.2) is 61.1 Å². The highest BCUT2D eigenvalue weighted by molar-refractivity contribution is 5.79. The Morgan fingerprint density at radius 2 is 2.08 bits per heavy atom. The topological polar surface area (TPSA) is 67.9 Å². The van der Waals surface area contributed by atoms with Gasteiger partial charge in [0.25, 0.3) is 0 Å². The summed E-state index contributed by atoms with van der Waals surface area (Å²) in [4.78, 5) is 13.5. The van der Waals surface area contributed by atoms with Gasteiger partial charge in [-0.25, -0.2) is 4.98 Å². The number of fused-ring (bicyclic) bond motifs is 2. The number of imidazole rings is 1. The minimum absolute atomic E-state index is 0.160. The first-order valence-corrected chi connectivity index (χ1v) is 8.86. The molecular formula is C21H20N4O. The van der Waals surface area contributed by atoms with Crippen LogP contribution in [0, 0.1) is 0 Å². The second-order valence-electron chi connectivity index (χ2n) is 6.98. The van der Waals surface area contributed by atoms with Gasteiger partial charge in [-0.05, 0) is 46.8 Å². The monoisotopic (exact) mass is 344 g/mol. The van der Waals surface area contributed by atoms with Gasteiger partial charge in [0.05, 0.1) is 17.7 Å². The first-order valence-electron chi connectivity index (χ1n) is 8.86. The lowest BCUT2D eigenvalue weighted by molar-refractivity contribution is 0.228. The molecule has 4 aromatic rings. The van der Waals surface area contributed by atoms with E-state index in [1.54, 1.807) is 12.4 Å². The molecule has 2 aromatic carbocycles. The molecule has 3 N–H and O–H groups in total. The molecule has 1 aliphatic rings. The molecule has 1 unspecified atom stereocenters. The molecule has 26 heavy (non-hydrogen) atoms. The smallest absolute Gasteiger partial charge is 0.115 e. The number of phenolic OH excluding ortho intramolecular Hbond substituents is 1. The molecule has 2 aromatic heterocycles. The third kappa shape index (κ3) is 2.66. The molecule has 0 spiro atoms. The predicted molar refractivity (Wildman–Crippen MR) is 101 cm³/mol. The van der Waals surface area contributed by atoms with Crippen LogP contribution in [0.3, 0.4) is 0 Å². The zero-order valence-electron chi connectivity index (χ0n) is 14.3. The number of aromatic hydroxyl groups is 1. The van der Waals surface area contributed by atoms with Crippen molar-refractivity contribution in [2.75, 3.05) is 6.54 Å². The number of nitrogens with one attached hydrogen (secondary N) is 2. The molecule has 0 bridgehead atoms. The predicted octanol–water partition coefficient (Wildman–Crippen LogP) is 3.74. The maximum Gasteiger partial charge on any atom is 0.115 e. The zero-order valence-corrected chi connectivity index (χ0v) is 14.3. The van der Waals surface area contributed by atoms with Crippen molar-refractivity contribution in [1.29, 1.82) is 0 Å². The van der Waals surface area contributed by atoms with E-state index in [0.29, 0.717) is 5.75 Å². The summed E-state index contributed by atoms with van der Waals surface area (Å²) in [6.45, 7) is 2.62. The lowest BCUT2D eigenvalue weighted by Gasteiger charge is -2.32. The molecule has 0 amide bonds. The third-order valence-corrected chi connectivity index (χ3v) is 5.20. The molecule has 1 aliphatic heterocycles. The van der Waals surface area contributed by atoms with Crippen LogP contribution in [0.1, 0.15) is 28.4 Å². The van der Waals surface area contributed by atoms with Crippen LogP contribution in [0.4, 0.5) is 0 Å². The summed E-state index contributed by atoms with van der Waals surface area (Å²) in [5.41, 5.74) is 5.82. The van der Waals surface area contributed by atoms with E-state index in [9.17, 15) is 5.11 Å². The number of phenols is 1. The fourth-order valence-corrected chi connectivity index (χ4v) is 3.98. The summed E-state index contributed by atoms with van der Waals surface area (Å²) >= 11 is 0. The van der Waals surface area contributed by atoms with Gasteiger partial charge in [0, 0.05) is 37.3 Å². The van der Waals surface area contributed by atoms with Crippen molar-refractivity contribution in [2.24, 2.45) is 0 Å². The molecule has 0 radical (unpaired) electrons. The summed E-state index contributed by atoms with van der Waals surface area (Å²) < 4.78 is 0. The summed E-state index contributed by atoms with van der Waals surface area (Å²) in [5, 5.41) is 11.1. The molecule has 3 heterocycles. The van der Waals surface area contributed by atoms with Gasteiger partial charge in [-0.1, -0.05) is 18.2 Å². The Balaban J connectivity index is 1.45. The molecule has 0 fully saturated rings. The number of aromatic nitrogens is 3. The second kappa shape index (κ2) is 6.04. The van der Waals surface area contributed by atoms with Crippen LogP contribution < -0.4 is 0 Å². The molecule has 1 atom stereocenters. The van der Waals surface area contributed by atoms with Gasteiger partial charge in [-0.3, -0.25) is 4.90 Å². The Hall–Kier alpha value is -3.05. The Bertz CT molecular complexity index is 1060. The van der Waals surface area contributed by atoms with Gasteiger partial charge in [0.15, 0.2) is 0 Å². The number of nitrogens with zero attached hydrogens (tertiary/aromatic N) is 2. The number of rotatable bonds is 3. The van der Waals surface area contributed by atoms with Crippen molar-refractivity contribution in [3.05, 3.63) is 83.6 Å². The summed E-state index contributed by atoms with van der Waals surface area (Å²) in [7, 11) is 0. The average Bonchev–Trinajstić information content (AvgIpc) is 3.29. The van der Waals surface area contributed by atoms with Gasteiger partial charge in [-0.2, -0.15) is 0 Å². The summed E-state index contributed by atoms with van der Waals surface area (Å²) in [6, 6.07) is 16.2. The number of aromatic amines is 2. The SMILES string of the molecule is Oc1cccc(C2CN(Cc3ccc4[nH]ccc4c3)Cc3[nH]cnc32)c1. The van der Waals surface area contributed by atoms with Crippen LogP contribution in [0.5, 0.6) is 5.75 Å². The van der Waals surface area contributed by atoms with Crippen molar-refractivity contribution in [3.8, 4) is 5.75 Å². The maximum absolute atomic E-state index is 9.88. The molecule has 0 saturated heterocycles. The van der Waals surface area contributed by atoms with Gasteiger partial charge < -0.3 is 15.1 Å². The average molecular weight is 344 g/mol. The Morgan fingerprint density at radius 3 is 3.00 bits per heavy atom. The Kier molecular flexibility index (Phi) is 3.53. The quantitative estimate of drug-likeness (QED) is 0.530. The number of hydrogen-bond donors (Lipinski definition) is 3. The molecule has 5 nitrogen and oxygen atoms in total. The number of H-pyrrole nitrogens is 2. The van der Waals surface area contributed by atoms with Crippen molar-refractivity contribution < 1.29 is 5.11 Å². The van der Waals surface area contributed by atoms with Gasteiger partial charge in [-0.15, -0.1) is 0 Å². The minimum Gasteiger partial charge on any atom is -0.508 e. The highest BCUT2D eigenvalue weighted by atomic mass is 16.3. The van der Waals surface area contributed by atoms with Gasteiger partial charge >= 0.3 is 0 Å². The first kappa shape index (κ1) is 15.2. The fourth-order valence-electron chi connectivity index (χ4n) is 3.98. The number of benzene rings is 2. The van der Waals surface area contributed by atoms with E-state index in [-0.39, 0.29) is 5.92 Å². The minimum atomic E-state index is 0.160. The highest BCUT2D eigenvalue weighted by Gasteiger charge is 2.29. The first-order chi connectivity index (χ1) is 12.8. The fraction of sp³-hybridized carbons (Fsp3) is 0.190. The van der Waals surface area contributed by atoms with E-state index in [0.717, 1.165) is 36.6 Å². The summed E-state index contributed by atoms with van der Waals surface area (Å²) in [6.07, 6.45) is 3.75. The molecule has 5 heteroatoms. The molecule has 0 aliphatic carbocycles. The van der Waals surface area contributed by atoms with E-state index in [2.05, 4.69) is 50.2 Å². The second-order valence-corrected chi connectivity index (χ2v) is 6.98. The third-order valence-electron chi connectivity index (χ3n) is 5.20. The van der Waals surface area contributed by atoms with Crippen LogP contribution in [-0.2, 0) is 13.1 Å². The molecule has 0 saturated carbocycles. The van der Waals surface area contributed by atoms with Crippen molar-refractivity contribution in [3.63, 3.8) is 0 Å². The van der Waals surface area contributed by atoms with Gasteiger partial charge in [0.2, 0.25) is 0 Å². The zero-order chi connectivity index (χ0) is 17.5. The van der Waals surface area contributed by atoms with Crippen LogP contribution in [0.25, 0.3) is 10.9 Å². The van der Waals surface area contributed by atoms with E-state index in [1.165, 1.54) is 16.5 Å². The highest BCUT2D eigenvalue weighted by Crippen LogP contribution is 2.33.